The number of thiazole rings is 1. The molecule has 3 aliphatic rings. The topological polar surface area (TPSA) is 109 Å². The third kappa shape index (κ3) is 4.43. The molecule has 160 valence electrons. The molecular formula is C17H23ClN4O5S2. The third-order valence-electron chi connectivity index (χ3n) is 5.77. The van der Waals surface area contributed by atoms with Crippen molar-refractivity contribution in [2.75, 3.05) is 37.4 Å². The molecule has 3 fully saturated rings. The number of aromatic nitrogens is 1. The Morgan fingerprint density at radius 3 is 2.79 bits per heavy atom. The smallest absolute Gasteiger partial charge is 0.248 e. The minimum atomic E-state index is -3.38. The maximum Gasteiger partial charge on any atom is 0.248 e. The molecule has 0 radical (unpaired) electrons. The summed E-state index contributed by atoms with van der Waals surface area (Å²) < 4.78 is 31.5. The molecule has 3 saturated heterocycles. The van der Waals surface area contributed by atoms with Gasteiger partial charge in [0.25, 0.3) is 0 Å². The van der Waals surface area contributed by atoms with Gasteiger partial charge in [-0.25, -0.2) is 13.4 Å². The number of amides is 2. The van der Waals surface area contributed by atoms with E-state index in [1.165, 1.54) is 10.5 Å². The summed E-state index contributed by atoms with van der Waals surface area (Å²) in [6, 6.07) is -1.38. The van der Waals surface area contributed by atoms with E-state index in [0.29, 0.717) is 29.1 Å². The van der Waals surface area contributed by atoms with Crippen molar-refractivity contribution in [3.8, 4) is 0 Å². The highest BCUT2D eigenvalue weighted by atomic mass is 35.5. The zero-order valence-corrected chi connectivity index (χ0v) is 18.1. The van der Waals surface area contributed by atoms with E-state index in [9.17, 15) is 18.0 Å². The molecule has 12 heteroatoms. The summed E-state index contributed by atoms with van der Waals surface area (Å²) in [6.45, 7) is 1.71. The van der Waals surface area contributed by atoms with Gasteiger partial charge in [0.1, 0.15) is 16.4 Å². The molecule has 1 aromatic rings. The lowest BCUT2D eigenvalue weighted by Gasteiger charge is -2.40. The average molecular weight is 463 g/mol. The van der Waals surface area contributed by atoms with Crippen molar-refractivity contribution in [3.05, 3.63) is 10.5 Å². The molecule has 2 amide bonds. The number of fused-ring (bicyclic) bond motifs is 1. The number of sulfonamides is 1. The van der Waals surface area contributed by atoms with Crippen LogP contribution in [0.15, 0.2) is 6.20 Å². The van der Waals surface area contributed by atoms with Crippen LogP contribution < -0.4 is 5.32 Å². The van der Waals surface area contributed by atoms with Gasteiger partial charge in [0, 0.05) is 26.3 Å². The van der Waals surface area contributed by atoms with Gasteiger partial charge in [0.15, 0.2) is 5.13 Å². The highest BCUT2D eigenvalue weighted by Gasteiger charge is 2.48. The minimum Gasteiger partial charge on any atom is -0.381 e. The number of nitrogens with zero attached hydrogens (tertiary/aromatic N) is 3. The average Bonchev–Trinajstić information content (AvgIpc) is 3.24. The second kappa shape index (κ2) is 8.46. The zero-order valence-electron chi connectivity index (χ0n) is 15.8. The van der Waals surface area contributed by atoms with Crippen LogP contribution >= 0.6 is 22.9 Å². The number of hydrogen-bond acceptors (Lipinski definition) is 7. The van der Waals surface area contributed by atoms with Crippen LogP contribution in [-0.4, -0.2) is 78.6 Å². The van der Waals surface area contributed by atoms with E-state index in [2.05, 4.69) is 10.3 Å². The van der Waals surface area contributed by atoms with Crippen LogP contribution in [0, 0.1) is 5.92 Å². The van der Waals surface area contributed by atoms with Gasteiger partial charge in [-0.15, -0.1) is 0 Å². The predicted molar refractivity (Wildman–Crippen MR) is 108 cm³/mol. The Hall–Kier alpha value is -1.27. The van der Waals surface area contributed by atoms with Gasteiger partial charge in [0.2, 0.25) is 21.8 Å². The Morgan fingerprint density at radius 2 is 2.10 bits per heavy atom. The minimum absolute atomic E-state index is 0.0221. The van der Waals surface area contributed by atoms with E-state index in [0.717, 1.165) is 24.2 Å². The molecule has 4 heterocycles. The van der Waals surface area contributed by atoms with Crippen LogP contribution in [-0.2, 0) is 24.3 Å². The fourth-order valence-corrected chi connectivity index (χ4v) is 6.76. The number of carbonyl (C=O) groups is 2. The fraction of sp³-hybridized carbons (Fsp3) is 0.706. The summed E-state index contributed by atoms with van der Waals surface area (Å²) in [5.41, 5.74) is 0. The molecule has 2 atom stereocenters. The number of carbonyl (C=O) groups excluding carboxylic acids is 2. The Labute approximate surface area is 178 Å². The molecule has 0 aromatic carbocycles. The number of rotatable bonds is 5. The van der Waals surface area contributed by atoms with E-state index < -0.39 is 22.1 Å². The van der Waals surface area contributed by atoms with Gasteiger partial charge >= 0.3 is 0 Å². The van der Waals surface area contributed by atoms with Gasteiger partial charge < -0.3 is 15.0 Å². The molecule has 1 N–H and O–H groups in total. The maximum atomic E-state index is 13.1. The SMILES string of the molecule is O=C(Nc1ncc(Cl)s1)C(CC1CCOCC1)N1CCN2C(CCS2(=O)=O)C1=O. The Kier molecular flexibility index (Phi) is 6.12. The molecule has 3 aliphatic heterocycles. The van der Waals surface area contributed by atoms with Gasteiger partial charge in [-0.1, -0.05) is 22.9 Å². The number of nitrogens with one attached hydrogen (secondary N) is 1. The summed E-state index contributed by atoms with van der Waals surface area (Å²) >= 11 is 7.06. The van der Waals surface area contributed by atoms with Crippen LogP contribution in [0.1, 0.15) is 25.7 Å². The van der Waals surface area contributed by atoms with E-state index >= 15 is 0 Å². The first-order valence-corrected chi connectivity index (χ1v) is 12.5. The highest BCUT2D eigenvalue weighted by Crippen LogP contribution is 2.31. The van der Waals surface area contributed by atoms with Crippen molar-refractivity contribution < 1.29 is 22.7 Å². The zero-order chi connectivity index (χ0) is 20.6. The van der Waals surface area contributed by atoms with Gasteiger partial charge in [0.05, 0.1) is 11.9 Å². The molecule has 9 nitrogen and oxygen atoms in total. The van der Waals surface area contributed by atoms with Crippen molar-refractivity contribution in [1.82, 2.24) is 14.2 Å². The van der Waals surface area contributed by atoms with E-state index in [1.54, 1.807) is 4.90 Å². The van der Waals surface area contributed by atoms with Gasteiger partial charge in [-0.2, -0.15) is 4.31 Å². The molecule has 29 heavy (non-hydrogen) atoms. The summed E-state index contributed by atoms with van der Waals surface area (Å²) in [4.78, 5) is 31.9. The van der Waals surface area contributed by atoms with Crippen molar-refractivity contribution in [2.24, 2.45) is 5.92 Å². The van der Waals surface area contributed by atoms with Crippen LogP contribution in [0.5, 0.6) is 0 Å². The first kappa shape index (κ1) is 21.0. The van der Waals surface area contributed by atoms with Gasteiger partial charge in [-0.3, -0.25) is 9.59 Å². The second-order valence-electron chi connectivity index (χ2n) is 7.53. The standard InChI is InChI=1S/C17H23ClN4O5S2/c18-14-10-19-17(28-14)20-15(23)13(9-11-1-6-27-7-2-11)21-4-5-22-12(16(21)24)3-8-29(22,25)26/h10-13H,1-9H2,(H,19,20,23). The van der Waals surface area contributed by atoms with Gasteiger partial charge in [-0.05, 0) is 31.6 Å². The molecule has 0 spiro atoms. The van der Waals surface area contributed by atoms with Crippen molar-refractivity contribution >= 4 is 49.9 Å². The summed E-state index contributed by atoms with van der Waals surface area (Å²) in [5.74, 6) is -0.365. The van der Waals surface area contributed by atoms with E-state index in [-0.39, 0.29) is 43.0 Å². The van der Waals surface area contributed by atoms with Crippen LogP contribution in [0.3, 0.4) is 0 Å². The van der Waals surface area contributed by atoms with Crippen molar-refractivity contribution in [3.63, 3.8) is 0 Å². The fourth-order valence-electron chi connectivity index (χ4n) is 4.25. The molecule has 4 rings (SSSR count). The number of ether oxygens (including phenoxy) is 1. The number of hydrogen-bond donors (Lipinski definition) is 1. The molecule has 2 unspecified atom stereocenters. The Bertz CT molecular complexity index is 886. The summed E-state index contributed by atoms with van der Waals surface area (Å²) in [6.07, 6.45) is 3.91. The maximum absolute atomic E-state index is 13.1. The normalized spacial score (nSPS) is 26.3. The Balaban J connectivity index is 1.54. The van der Waals surface area contributed by atoms with Crippen molar-refractivity contribution in [2.45, 2.75) is 37.8 Å². The van der Waals surface area contributed by atoms with Crippen LogP contribution in [0.25, 0.3) is 0 Å². The Morgan fingerprint density at radius 1 is 1.34 bits per heavy atom. The molecule has 0 bridgehead atoms. The first-order valence-electron chi connectivity index (χ1n) is 9.65. The monoisotopic (exact) mass is 462 g/mol. The largest absolute Gasteiger partial charge is 0.381 e. The summed E-state index contributed by atoms with van der Waals surface area (Å²) in [5, 5.41) is 3.15. The second-order valence-corrected chi connectivity index (χ2v) is 11.2. The molecular weight excluding hydrogens is 440 g/mol. The quantitative estimate of drug-likeness (QED) is 0.703. The molecule has 0 aliphatic carbocycles. The number of anilines is 1. The third-order valence-corrected chi connectivity index (χ3v) is 8.70. The van der Waals surface area contributed by atoms with E-state index in [1.807, 2.05) is 0 Å². The summed E-state index contributed by atoms with van der Waals surface area (Å²) in [7, 11) is -3.38. The predicted octanol–water partition coefficient (Wildman–Crippen LogP) is 1.17. The van der Waals surface area contributed by atoms with Crippen LogP contribution in [0.2, 0.25) is 4.34 Å². The van der Waals surface area contributed by atoms with Crippen molar-refractivity contribution in [1.29, 1.82) is 0 Å². The molecule has 0 saturated carbocycles. The lowest BCUT2D eigenvalue weighted by molar-refractivity contribution is -0.146. The number of piperazine rings is 1. The highest BCUT2D eigenvalue weighted by molar-refractivity contribution is 7.89. The molecule has 1 aromatic heterocycles. The number of halogens is 1. The van der Waals surface area contributed by atoms with Crippen LogP contribution in [0.4, 0.5) is 5.13 Å². The first-order chi connectivity index (χ1) is 13.8. The lowest BCUT2D eigenvalue weighted by Crippen LogP contribution is -2.60. The van der Waals surface area contributed by atoms with E-state index in [4.69, 9.17) is 16.3 Å². The lowest BCUT2D eigenvalue weighted by atomic mass is 9.90.